The van der Waals surface area contributed by atoms with Crippen molar-refractivity contribution in [1.29, 1.82) is 0 Å². The molecule has 0 aliphatic carbocycles. The highest BCUT2D eigenvalue weighted by Gasteiger charge is 2.12. The highest BCUT2D eigenvalue weighted by Crippen LogP contribution is 2.13. The molecule has 0 saturated heterocycles. The lowest BCUT2D eigenvalue weighted by molar-refractivity contribution is 0.713. The highest BCUT2D eigenvalue weighted by atomic mass is 16.1. The Morgan fingerprint density at radius 3 is 1.50 bits per heavy atom. The van der Waals surface area contributed by atoms with E-state index in [-0.39, 0.29) is 11.1 Å². The van der Waals surface area contributed by atoms with E-state index in [1.54, 1.807) is 24.3 Å². The zero-order chi connectivity index (χ0) is 19.7. The van der Waals surface area contributed by atoms with Gasteiger partial charge in [-0.25, -0.2) is 9.97 Å². The van der Waals surface area contributed by atoms with Crippen molar-refractivity contribution in [3.05, 3.63) is 69.2 Å². The van der Waals surface area contributed by atoms with Crippen molar-refractivity contribution < 1.29 is 0 Å². The smallest absolute Gasteiger partial charge is 0.262 e. The molecule has 28 heavy (non-hydrogen) atoms. The summed E-state index contributed by atoms with van der Waals surface area (Å²) in [5, 5.41) is 1.12. The molecule has 2 aromatic carbocycles. The monoisotopic (exact) mass is 376 g/mol. The van der Waals surface area contributed by atoms with Crippen LogP contribution >= 0.6 is 0 Å². The van der Waals surface area contributed by atoms with E-state index in [1.165, 1.54) is 9.13 Å². The molecule has 0 bridgehead atoms. The summed E-state index contributed by atoms with van der Waals surface area (Å²) in [6, 6.07) is 14.4. The van der Waals surface area contributed by atoms with Crippen LogP contribution in [0.3, 0.4) is 0 Å². The Morgan fingerprint density at radius 2 is 1.11 bits per heavy atom. The van der Waals surface area contributed by atoms with Gasteiger partial charge in [-0.05, 0) is 38.1 Å². The van der Waals surface area contributed by atoms with E-state index in [4.69, 9.17) is 0 Å². The molecule has 8 heteroatoms. The number of benzene rings is 2. The molecule has 0 saturated carbocycles. The van der Waals surface area contributed by atoms with Gasteiger partial charge in [0, 0.05) is 13.1 Å². The quantitative estimate of drug-likeness (QED) is 0.520. The minimum atomic E-state index is -0.128. The number of hydrogen-bond acceptors (Lipinski definition) is 6. The molecule has 0 aliphatic heterocycles. The summed E-state index contributed by atoms with van der Waals surface area (Å²) in [5.41, 5.74) is 6.86. The molecule has 0 atom stereocenters. The molecule has 0 spiro atoms. The molecule has 4 aromatic rings. The Morgan fingerprint density at radius 1 is 0.714 bits per heavy atom. The van der Waals surface area contributed by atoms with Gasteiger partial charge in [-0.3, -0.25) is 29.6 Å². The first-order chi connectivity index (χ1) is 13.6. The zero-order valence-corrected chi connectivity index (χ0v) is 15.6. The third-order valence-electron chi connectivity index (χ3n) is 4.64. The van der Waals surface area contributed by atoms with Crippen LogP contribution in [0, 0.1) is 0 Å². The minimum Gasteiger partial charge on any atom is -0.277 e. The van der Waals surface area contributed by atoms with Crippen molar-refractivity contribution in [3.63, 3.8) is 0 Å². The van der Waals surface area contributed by atoms with E-state index in [9.17, 15) is 9.59 Å². The van der Waals surface area contributed by atoms with Gasteiger partial charge < -0.3 is 0 Å². The molecule has 0 fully saturated rings. The average Bonchev–Trinajstić information content (AvgIpc) is 2.72. The molecule has 2 aromatic heterocycles. The van der Waals surface area contributed by atoms with Crippen LogP contribution in [0.4, 0.5) is 11.9 Å². The first kappa shape index (κ1) is 17.7. The van der Waals surface area contributed by atoms with Crippen LogP contribution in [0.1, 0.15) is 13.8 Å². The Balaban J connectivity index is 1.78. The summed E-state index contributed by atoms with van der Waals surface area (Å²) in [6.07, 6.45) is 0. The standard InChI is InChI=1S/C20H20N6O2/c1-3-25-17(27)13-9-5-7-11-15(13)21-19(25)23-24-20-22-16-12-8-6-10-14(16)18(28)26(20)4-2/h5-12H,3-4H2,1-2H3,(H,21,23)(H,22,24). The summed E-state index contributed by atoms with van der Waals surface area (Å²) < 4.78 is 3.07. The second-order valence-electron chi connectivity index (χ2n) is 6.25. The van der Waals surface area contributed by atoms with Crippen molar-refractivity contribution >= 4 is 33.7 Å². The summed E-state index contributed by atoms with van der Waals surface area (Å²) in [7, 11) is 0. The van der Waals surface area contributed by atoms with Crippen molar-refractivity contribution in [1.82, 2.24) is 19.1 Å². The number of nitrogens with zero attached hydrogens (tertiary/aromatic N) is 4. The van der Waals surface area contributed by atoms with E-state index in [1.807, 2.05) is 38.1 Å². The first-order valence-electron chi connectivity index (χ1n) is 9.15. The number of nitrogens with one attached hydrogen (secondary N) is 2. The lowest BCUT2D eigenvalue weighted by Crippen LogP contribution is -2.30. The Hall–Kier alpha value is -3.68. The molecule has 0 aliphatic rings. The van der Waals surface area contributed by atoms with Gasteiger partial charge in [-0.1, -0.05) is 24.3 Å². The SMILES string of the molecule is CCn1c(NNc2nc3ccccc3c(=O)n2CC)nc2ccccc2c1=O. The van der Waals surface area contributed by atoms with Crippen LogP contribution in [0.15, 0.2) is 58.1 Å². The van der Waals surface area contributed by atoms with Crippen molar-refractivity contribution in [3.8, 4) is 0 Å². The fraction of sp³-hybridized carbons (Fsp3) is 0.200. The summed E-state index contributed by atoms with van der Waals surface area (Å²) >= 11 is 0. The van der Waals surface area contributed by atoms with E-state index in [0.29, 0.717) is 46.8 Å². The van der Waals surface area contributed by atoms with Crippen molar-refractivity contribution in [2.75, 3.05) is 10.9 Å². The van der Waals surface area contributed by atoms with Crippen LogP contribution in [0.5, 0.6) is 0 Å². The van der Waals surface area contributed by atoms with Crippen LogP contribution < -0.4 is 22.0 Å². The summed E-state index contributed by atoms with van der Waals surface area (Å²) in [4.78, 5) is 34.5. The Labute approximate surface area is 160 Å². The second-order valence-corrected chi connectivity index (χ2v) is 6.25. The van der Waals surface area contributed by atoms with Crippen molar-refractivity contribution in [2.24, 2.45) is 0 Å². The number of para-hydroxylation sites is 2. The van der Waals surface area contributed by atoms with E-state index >= 15 is 0 Å². The minimum absolute atomic E-state index is 0.128. The van der Waals surface area contributed by atoms with E-state index < -0.39 is 0 Å². The lowest BCUT2D eigenvalue weighted by atomic mass is 10.2. The molecular formula is C20H20N6O2. The molecule has 2 heterocycles. The van der Waals surface area contributed by atoms with Gasteiger partial charge in [0.1, 0.15) is 0 Å². The zero-order valence-electron chi connectivity index (χ0n) is 15.6. The predicted molar refractivity (Wildman–Crippen MR) is 111 cm³/mol. The van der Waals surface area contributed by atoms with Gasteiger partial charge in [0.2, 0.25) is 11.9 Å². The summed E-state index contributed by atoms with van der Waals surface area (Å²) in [6.45, 7) is 4.65. The normalized spacial score (nSPS) is 11.1. The van der Waals surface area contributed by atoms with E-state index in [2.05, 4.69) is 20.8 Å². The predicted octanol–water partition coefficient (Wildman–Crippen LogP) is 2.59. The third kappa shape index (κ3) is 2.88. The number of fused-ring (bicyclic) bond motifs is 2. The van der Waals surface area contributed by atoms with Gasteiger partial charge in [-0.2, -0.15) is 0 Å². The maximum atomic E-state index is 12.7. The summed E-state index contributed by atoms with van der Waals surface area (Å²) in [5.74, 6) is 0.715. The number of hydrogen-bond donors (Lipinski definition) is 2. The maximum Gasteiger partial charge on any atom is 0.262 e. The molecule has 0 radical (unpaired) electrons. The van der Waals surface area contributed by atoms with Gasteiger partial charge >= 0.3 is 0 Å². The maximum absolute atomic E-state index is 12.7. The first-order valence-corrected chi connectivity index (χ1v) is 9.15. The van der Waals surface area contributed by atoms with Gasteiger partial charge in [0.15, 0.2) is 0 Å². The Kier molecular flexibility index (Phi) is 4.52. The average molecular weight is 376 g/mol. The fourth-order valence-electron chi connectivity index (χ4n) is 3.23. The van der Waals surface area contributed by atoms with Crippen LogP contribution in [-0.4, -0.2) is 19.1 Å². The molecular weight excluding hydrogens is 356 g/mol. The molecule has 2 N–H and O–H groups in total. The Bertz CT molecular complexity index is 1190. The number of hydrazine groups is 1. The number of rotatable bonds is 5. The van der Waals surface area contributed by atoms with Gasteiger partial charge in [0.25, 0.3) is 11.1 Å². The number of aromatic nitrogens is 4. The lowest BCUT2D eigenvalue weighted by Gasteiger charge is -2.17. The van der Waals surface area contributed by atoms with Gasteiger partial charge in [-0.15, -0.1) is 0 Å². The molecule has 8 nitrogen and oxygen atoms in total. The highest BCUT2D eigenvalue weighted by molar-refractivity contribution is 5.79. The topological polar surface area (TPSA) is 93.8 Å². The second kappa shape index (κ2) is 7.15. The van der Waals surface area contributed by atoms with Crippen LogP contribution in [0.25, 0.3) is 21.8 Å². The fourth-order valence-corrected chi connectivity index (χ4v) is 3.23. The van der Waals surface area contributed by atoms with Crippen LogP contribution in [-0.2, 0) is 13.1 Å². The molecule has 0 unspecified atom stereocenters. The third-order valence-corrected chi connectivity index (χ3v) is 4.64. The number of anilines is 2. The molecule has 0 amide bonds. The van der Waals surface area contributed by atoms with Crippen LogP contribution in [0.2, 0.25) is 0 Å². The molecule has 4 rings (SSSR count). The largest absolute Gasteiger partial charge is 0.277 e. The van der Waals surface area contributed by atoms with Crippen molar-refractivity contribution in [2.45, 2.75) is 26.9 Å². The molecule has 142 valence electrons. The van der Waals surface area contributed by atoms with E-state index in [0.717, 1.165) is 0 Å². The van der Waals surface area contributed by atoms with Gasteiger partial charge in [0.05, 0.1) is 21.8 Å².